The average Bonchev–Trinajstić information content (AvgIpc) is 2.48. The number of nitrogens with one attached hydrogen (secondary N) is 2. The predicted molar refractivity (Wildman–Crippen MR) is 79.1 cm³/mol. The first-order chi connectivity index (χ1) is 10.1. The van der Waals surface area contributed by atoms with Gasteiger partial charge in [-0.2, -0.15) is 4.98 Å². The maximum atomic E-state index is 11.1. The van der Waals surface area contributed by atoms with Gasteiger partial charge in [0.25, 0.3) is 0 Å². The van der Waals surface area contributed by atoms with Gasteiger partial charge in [-0.3, -0.25) is 15.1 Å². The number of hydrogen-bond acceptors (Lipinski definition) is 7. The Morgan fingerprint density at radius 2 is 2.24 bits per heavy atom. The Hall–Kier alpha value is -2.77. The van der Waals surface area contributed by atoms with Gasteiger partial charge in [-0.05, 0) is 25.5 Å². The van der Waals surface area contributed by atoms with Gasteiger partial charge in [0.15, 0.2) is 0 Å². The molecular formula is C13H16N6O2. The third-order valence-corrected chi connectivity index (χ3v) is 2.84. The first-order valence-corrected chi connectivity index (χ1v) is 6.53. The summed E-state index contributed by atoms with van der Waals surface area (Å²) in [6.45, 7) is 4.42. The van der Waals surface area contributed by atoms with Gasteiger partial charge < -0.3 is 10.6 Å². The molecule has 0 spiro atoms. The van der Waals surface area contributed by atoms with Crippen LogP contribution in [-0.4, -0.2) is 26.4 Å². The number of pyridine rings is 1. The van der Waals surface area contributed by atoms with Crippen LogP contribution in [0.2, 0.25) is 0 Å². The molecule has 2 rings (SSSR count). The summed E-state index contributed by atoms with van der Waals surface area (Å²) in [5.41, 5.74) is 0.753. The number of nitro groups is 1. The first-order valence-electron chi connectivity index (χ1n) is 6.53. The molecule has 0 saturated carbocycles. The molecule has 0 saturated heterocycles. The smallest absolute Gasteiger partial charge is 0.329 e. The molecule has 110 valence electrons. The lowest BCUT2D eigenvalue weighted by Gasteiger charge is -2.15. The van der Waals surface area contributed by atoms with Crippen molar-refractivity contribution in [3.63, 3.8) is 0 Å². The second kappa shape index (κ2) is 6.60. The van der Waals surface area contributed by atoms with Crippen LogP contribution in [0.1, 0.15) is 25.5 Å². The standard InChI is InChI=1S/C13H16N6O2/c1-3-15-13-16-8-11(19(20)21)12(18-13)17-9(2)10-5-4-6-14-7-10/h4-9H,3H2,1-2H3,(H2,15,16,17,18). The van der Waals surface area contributed by atoms with Crippen LogP contribution in [-0.2, 0) is 0 Å². The maximum absolute atomic E-state index is 11.1. The average molecular weight is 288 g/mol. The van der Waals surface area contributed by atoms with E-state index in [-0.39, 0.29) is 17.5 Å². The van der Waals surface area contributed by atoms with Crippen molar-refractivity contribution in [2.75, 3.05) is 17.2 Å². The molecule has 2 heterocycles. The van der Waals surface area contributed by atoms with Gasteiger partial charge in [0.05, 0.1) is 11.0 Å². The zero-order valence-electron chi connectivity index (χ0n) is 11.8. The lowest BCUT2D eigenvalue weighted by atomic mass is 10.1. The molecule has 1 atom stereocenters. The van der Waals surface area contributed by atoms with Gasteiger partial charge in [0, 0.05) is 18.9 Å². The highest BCUT2D eigenvalue weighted by Crippen LogP contribution is 2.26. The van der Waals surface area contributed by atoms with Crippen LogP contribution in [0.3, 0.4) is 0 Å². The zero-order chi connectivity index (χ0) is 15.2. The SMILES string of the molecule is CCNc1ncc([N+](=O)[O-])c(NC(C)c2cccnc2)n1. The molecule has 0 aliphatic carbocycles. The van der Waals surface area contributed by atoms with Crippen molar-refractivity contribution in [2.24, 2.45) is 0 Å². The fourth-order valence-corrected chi connectivity index (χ4v) is 1.78. The van der Waals surface area contributed by atoms with Crippen LogP contribution in [0.25, 0.3) is 0 Å². The highest BCUT2D eigenvalue weighted by atomic mass is 16.6. The second-order valence-electron chi connectivity index (χ2n) is 4.37. The van der Waals surface area contributed by atoms with Crippen molar-refractivity contribution in [2.45, 2.75) is 19.9 Å². The maximum Gasteiger partial charge on any atom is 0.329 e. The molecule has 8 heteroatoms. The van der Waals surface area contributed by atoms with E-state index in [1.165, 1.54) is 6.20 Å². The monoisotopic (exact) mass is 288 g/mol. The van der Waals surface area contributed by atoms with Crippen LogP contribution in [0.5, 0.6) is 0 Å². The molecule has 8 nitrogen and oxygen atoms in total. The van der Waals surface area contributed by atoms with Gasteiger partial charge in [-0.15, -0.1) is 0 Å². The van der Waals surface area contributed by atoms with Gasteiger partial charge in [-0.1, -0.05) is 6.07 Å². The van der Waals surface area contributed by atoms with Crippen molar-refractivity contribution >= 4 is 17.5 Å². The van der Waals surface area contributed by atoms with E-state index in [9.17, 15) is 10.1 Å². The largest absolute Gasteiger partial charge is 0.358 e. The lowest BCUT2D eigenvalue weighted by Crippen LogP contribution is -2.12. The highest BCUT2D eigenvalue weighted by molar-refractivity contribution is 5.57. The van der Waals surface area contributed by atoms with Crippen molar-refractivity contribution in [1.82, 2.24) is 15.0 Å². The third-order valence-electron chi connectivity index (χ3n) is 2.84. The Labute approximate surface area is 121 Å². The molecule has 0 radical (unpaired) electrons. The van der Waals surface area contributed by atoms with E-state index in [4.69, 9.17) is 0 Å². The van der Waals surface area contributed by atoms with Crippen LogP contribution in [0, 0.1) is 10.1 Å². The fourth-order valence-electron chi connectivity index (χ4n) is 1.78. The van der Waals surface area contributed by atoms with Crippen LogP contribution in [0.15, 0.2) is 30.7 Å². The van der Waals surface area contributed by atoms with Gasteiger partial charge in [0.2, 0.25) is 11.8 Å². The molecule has 2 N–H and O–H groups in total. The third kappa shape index (κ3) is 3.62. The minimum Gasteiger partial charge on any atom is -0.358 e. The van der Waals surface area contributed by atoms with Crippen LogP contribution >= 0.6 is 0 Å². The van der Waals surface area contributed by atoms with Gasteiger partial charge in [-0.25, -0.2) is 4.98 Å². The number of aromatic nitrogens is 3. The van der Waals surface area contributed by atoms with Crippen LogP contribution < -0.4 is 10.6 Å². The molecule has 1 unspecified atom stereocenters. The molecule has 2 aromatic rings. The van der Waals surface area contributed by atoms with Gasteiger partial charge >= 0.3 is 5.69 Å². The summed E-state index contributed by atoms with van der Waals surface area (Å²) in [5.74, 6) is 0.534. The van der Waals surface area contributed by atoms with Crippen molar-refractivity contribution < 1.29 is 4.92 Å². The quantitative estimate of drug-likeness (QED) is 0.620. The molecule has 0 aliphatic heterocycles. The Balaban J connectivity index is 2.28. The van der Waals surface area contributed by atoms with Crippen molar-refractivity contribution in [1.29, 1.82) is 0 Å². The summed E-state index contributed by atoms with van der Waals surface area (Å²) < 4.78 is 0. The minimum atomic E-state index is -0.506. The molecule has 21 heavy (non-hydrogen) atoms. The van der Waals surface area contributed by atoms with E-state index in [0.29, 0.717) is 12.5 Å². The summed E-state index contributed by atoms with van der Waals surface area (Å²) in [5, 5.41) is 17.0. The molecule has 0 aromatic carbocycles. The number of hydrogen-bond donors (Lipinski definition) is 2. The fraction of sp³-hybridized carbons (Fsp3) is 0.308. The molecule has 0 fully saturated rings. The molecule has 0 bridgehead atoms. The molecular weight excluding hydrogens is 272 g/mol. The molecule has 0 amide bonds. The molecule has 2 aromatic heterocycles. The van der Waals surface area contributed by atoms with E-state index in [1.807, 2.05) is 26.0 Å². The molecule has 0 aliphatic rings. The van der Waals surface area contributed by atoms with Crippen LogP contribution in [0.4, 0.5) is 17.5 Å². The summed E-state index contributed by atoms with van der Waals surface area (Å²) in [6, 6.07) is 3.54. The summed E-state index contributed by atoms with van der Waals surface area (Å²) in [4.78, 5) is 22.7. The Bertz CT molecular complexity index is 619. The number of anilines is 2. The Morgan fingerprint density at radius 3 is 2.86 bits per heavy atom. The highest BCUT2D eigenvalue weighted by Gasteiger charge is 2.19. The summed E-state index contributed by atoms with van der Waals surface area (Å²) in [6.07, 6.45) is 4.58. The summed E-state index contributed by atoms with van der Waals surface area (Å²) in [7, 11) is 0. The zero-order valence-corrected chi connectivity index (χ0v) is 11.8. The summed E-state index contributed by atoms with van der Waals surface area (Å²) >= 11 is 0. The normalized spacial score (nSPS) is 11.7. The van der Waals surface area contributed by atoms with E-state index < -0.39 is 4.92 Å². The minimum absolute atomic E-state index is 0.160. The second-order valence-corrected chi connectivity index (χ2v) is 4.37. The Morgan fingerprint density at radius 1 is 1.43 bits per heavy atom. The number of rotatable bonds is 6. The first kappa shape index (κ1) is 14.6. The van der Waals surface area contributed by atoms with E-state index >= 15 is 0 Å². The predicted octanol–water partition coefficient (Wildman–Crippen LogP) is 2.38. The van der Waals surface area contributed by atoms with Crippen molar-refractivity contribution in [3.8, 4) is 0 Å². The van der Waals surface area contributed by atoms with E-state index in [1.54, 1.807) is 12.4 Å². The van der Waals surface area contributed by atoms with Crippen molar-refractivity contribution in [3.05, 3.63) is 46.4 Å². The lowest BCUT2D eigenvalue weighted by molar-refractivity contribution is -0.384. The Kier molecular flexibility index (Phi) is 4.60. The topological polar surface area (TPSA) is 106 Å². The number of nitrogens with zero attached hydrogens (tertiary/aromatic N) is 4. The van der Waals surface area contributed by atoms with Gasteiger partial charge in [0.1, 0.15) is 6.20 Å². The van der Waals surface area contributed by atoms with E-state index in [0.717, 1.165) is 5.56 Å². The van der Waals surface area contributed by atoms with E-state index in [2.05, 4.69) is 25.6 Å².